The van der Waals surface area contributed by atoms with Crippen molar-refractivity contribution in [2.45, 2.75) is 19.5 Å². The number of hydrogen-bond donors (Lipinski definition) is 3. The fraction of sp³-hybridized carbons (Fsp3) is 0.200. The first kappa shape index (κ1) is 13.4. The van der Waals surface area contributed by atoms with Gasteiger partial charge in [-0.05, 0) is 30.7 Å². The van der Waals surface area contributed by atoms with Gasteiger partial charge in [0.1, 0.15) is 5.82 Å². The number of aromatic hydroxyl groups is 2. The van der Waals surface area contributed by atoms with Gasteiger partial charge in [-0.2, -0.15) is 0 Å². The molecule has 4 heteroatoms. The first-order valence-electron chi connectivity index (χ1n) is 6.06. The van der Waals surface area contributed by atoms with Crippen molar-refractivity contribution in [3.63, 3.8) is 0 Å². The van der Waals surface area contributed by atoms with E-state index in [2.05, 4.69) is 5.32 Å². The third-order valence-electron chi connectivity index (χ3n) is 3.05. The lowest BCUT2D eigenvalue weighted by Gasteiger charge is -2.15. The van der Waals surface area contributed by atoms with Crippen LogP contribution in [0.4, 0.5) is 4.39 Å². The predicted molar refractivity (Wildman–Crippen MR) is 71.4 cm³/mol. The highest BCUT2D eigenvalue weighted by molar-refractivity contribution is 5.44. The van der Waals surface area contributed by atoms with Crippen LogP contribution in [0.25, 0.3) is 0 Å². The van der Waals surface area contributed by atoms with E-state index in [4.69, 9.17) is 0 Å². The molecule has 19 heavy (non-hydrogen) atoms. The highest BCUT2D eigenvalue weighted by Gasteiger charge is 2.09. The lowest BCUT2D eigenvalue weighted by Crippen LogP contribution is -2.18. The highest BCUT2D eigenvalue weighted by atomic mass is 19.1. The van der Waals surface area contributed by atoms with Crippen molar-refractivity contribution in [3.8, 4) is 11.5 Å². The molecule has 0 amide bonds. The number of halogens is 1. The number of phenolic OH excluding ortho intramolecular Hbond substituents is 2. The van der Waals surface area contributed by atoms with Crippen LogP contribution in [0.5, 0.6) is 11.5 Å². The largest absolute Gasteiger partial charge is 0.504 e. The summed E-state index contributed by atoms with van der Waals surface area (Å²) in [6.45, 7) is 2.30. The van der Waals surface area contributed by atoms with E-state index in [1.165, 1.54) is 18.2 Å². The fourth-order valence-electron chi connectivity index (χ4n) is 1.88. The van der Waals surface area contributed by atoms with Crippen LogP contribution in [0.3, 0.4) is 0 Å². The molecule has 0 spiro atoms. The number of rotatable bonds is 4. The smallest absolute Gasteiger partial charge is 0.161 e. The van der Waals surface area contributed by atoms with Gasteiger partial charge in [-0.3, -0.25) is 0 Å². The number of phenols is 2. The summed E-state index contributed by atoms with van der Waals surface area (Å²) >= 11 is 0. The van der Waals surface area contributed by atoms with Gasteiger partial charge in [0.2, 0.25) is 0 Å². The Hall–Kier alpha value is -2.07. The first-order valence-corrected chi connectivity index (χ1v) is 6.06. The molecule has 0 bridgehead atoms. The molecule has 0 aliphatic rings. The second-order valence-corrected chi connectivity index (χ2v) is 4.44. The van der Waals surface area contributed by atoms with E-state index in [1.54, 1.807) is 18.2 Å². The van der Waals surface area contributed by atoms with E-state index in [0.717, 1.165) is 5.56 Å². The van der Waals surface area contributed by atoms with Gasteiger partial charge in [-0.25, -0.2) is 4.39 Å². The minimum Gasteiger partial charge on any atom is -0.504 e. The average molecular weight is 261 g/mol. The lowest BCUT2D eigenvalue weighted by atomic mass is 10.1. The summed E-state index contributed by atoms with van der Waals surface area (Å²) in [7, 11) is 0. The summed E-state index contributed by atoms with van der Waals surface area (Å²) in [6, 6.07) is 11.1. The normalized spacial score (nSPS) is 12.3. The summed E-state index contributed by atoms with van der Waals surface area (Å²) in [5.41, 5.74) is 1.43. The zero-order valence-corrected chi connectivity index (χ0v) is 10.6. The van der Waals surface area contributed by atoms with Crippen LogP contribution >= 0.6 is 0 Å². The van der Waals surface area contributed by atoms with Crippen LogP contribution in [-0.2, 0) is 6.54 Å². The Kier molecular flexibility index (Phi) is 4.02. The van der Waals surface area contributed by atoms with Gasteiger partial charge in [0, 0.05) is 18.2 Å². The molecule has 0 aliphatic heterocycles. The van der Waals surface area contributed by atoms with E-state index >= 15 is 0 Å². The summed E-state index contributed by atoms with van der Waals surface area (Å²) in [6.07, 6.45) is 0. The van der Waals surface area contributed by atoms with Crippen LogP contribution in [0, 0.1) is 5.82 Å². The van der Waals surface area contributed by atoms with E-state index < -0.39 is 0 Å². The van der Waals surface area contributed by atoms with Crippen molar-refractivity contribution in [3.05, 3.63) is 59.4 Å². The molecule has 0 aromatic heterocycles. The zero-order valence-electron chi connectivity index (χ0n) is 10.6. The topological polar surface area (TPSA) is 52.5 Å². The molecule has 2 aromatic rings. The van der Waals surface area contributed by atoms with Gasteiger partial charge < -0.3 is 15.5 Å². The molecule has 0 aliphatic carbocycles. The molecule has 2 aromatic carbocycles. The molecule has 0 radical (unpaired) electrons. The maximum atomic E-state index is 13.1. The minimum atomic E-state index is -0.272. The Morgan fingerprint density at radius 3 is 2.63 bits per heavy atom. The van der Waals surface area contributed by atoms with Crippen molar-refractivity contribution in [2.24, 2.45) is 0 Å². The fourth-order valence-corrected chi connectivity index (χ4v) is 1.88. The lowest BCUT2D eigenvalue weighted by molar-refractivity contribution is 0.396. The molecule has 0 fully saturated rings. The Balaban J connectivity index is 2.04. The van der Waals surface area contributed by atoms with Gasteiger partial charge in [0.15, 0.2) is 11.5 Å². The SMILES string of the molecule is CC(NCc1cccc(O)c1O)c1cccc(F)c1. The Morgan fingerprint density at radius 2 is 1.89 bits per heavy atom. The molecule has 0 saturated heterocycles. The Bertz CT molecular complexity index is 572. The standard InChI is InChI=1S/C15H16FNO2/c1-10(11-4-2-6-13(16)8-11)17-9-12-5-3-7-14(18)15(12)19/h2-8,10,17-19H,9H2,1H3. The zero-order chi connectivity index (χ0) is 13.8. The monoisotopic (exact) mass is 261 g/mol. The van der Waals surface area contributed by atoms with E-state index in [-0.39, 0.29) is 23.4 Å². The van der Waals surface area contributed by atoms with Gasteiger partial charge in [0.05, 0.1) is 0 Å². The summed E-state index contributed by atoms with van der Waals surface area (Å²) in [4.78, 5) is 0. The number of nitrogens with one attached hydrogen (secondary N) is 1. The van der Waals surface area contributed by atoms with Crippen LogP contribution in [0.2, 0.25) is 0 Å². The average Bonchev–Trinajstić information content (AvgIpc) is 2.40. The summed E-state index contributed by atoms with van der Waals surface area (Å²) < 4.78 is 13.1. The molecule has 3 N–H and O–H groups in total. The van der Waals surface area contributed by atoms with Crippen LogP contribution < -0.4 is 5.32 Å². The molecular weight excluding hydrogens is 245 g/mol. The molecule has 0 heterocycles. The third-order valence-corrected chi connectivity index (χ3v) is 3.05. The summed E-state index contributed by atoms with van der Waals surface area (Å²) in [5.74, 6) is -0.537. The molecule has 2 rings (SSSR count). The number of hydrogen-bond acceptors (Lipinski definition) is 3. The van der Waals surface area contributed by atoms with Crippen LogP contribution in [0.15, 0.2) is 42.5 Å². The van der Waals surface area contributed by atoms with Crippen LogP contribution in [0.1, 0.15) is 24.1 Å². The third kappa shape index (κ3) is 3.23. The Morgan fingerprint density at radius 1 is 1.16 bits per heavy atom. The van der Waals surface area contributed by atoms with Crippen molar-refractivity contribution in [2.75, 3.05) is 0 Å². The first-order chi connectivity index (χ1) is 9.08. The number of benzene rings is 2. The molecule has 100 valence electrons. The highest BCUT2D eigenvalue weighted by Crippen LogP contribution is 2.28. The molecule has 0 saturated carbocycles. The Labute approximate surface area is 111 Å². The predicted octanol–water partition coefficient (Wildman–Crippen LogP) is 3.09. The molecule has 3 nitrogen and oxygen atoms in total. The van der Waals surface area contributed by atoms with Gasteiger partial charge in [0.25, 0.3) is 0 Å². The second kappa shape index (κ2) is 5.71. The quantitative estimate of drug-likeness (QED) is 0.741. The molecule has 1 unspecified atom stereocenters. The summed E-state index contributed by atoms with van der Waals surface area (Å²) in [5, 5.41) is 22.2. The van der Waals surface area contributed by atoms with Gasteiger partial charge in [-0.1, -0.05) is 24.3 Å². The minimum absolute atomic E-state index is 0.0579. The maximum Gasteiger partial charge on any atom is 0.161 e. The van der Waals surface area contributed by atoms with Crippen molar-refractivity contribution in [1.29, 1.82) is 0 Å². The van der Waals surface area contributed by atoms with Crippen LogP contribution in [-0.4, -0.2) is 10.2 Å². The van der Waals surface area contributed by atoms with Crippen molar-refractivity contribution < 1.29 is 14.6 Å². The number of para-hydroxylation sites is 1. The molecule has 1 atom stereocenters. The van der Waals surface area contributed by atoms with E-state index in [9.17, 15) is 14.6 Å². The maximum absolute atomic E-state index is 13.1. The van der Waals surface area contributed by atoms with E-state index in [0.29, 0.717) is 12.1 Å². The second-order valence-electron chi connectivity index (χ2n) is 4.44. The van der Waals surface area contributed by atoms with Gasteiger partial charge >= 0.3 is 0 Å². The van der Waals surface area contributed by atoms with Crippen molar-refractivity contribution >= 4 is 0 Å². The van der Waals surface area contributed by atoms with E-state index in [1.807, 2.05) is 13.0 Å². The molecular formula is C15H16FNO2. The van der Waals surface area contributed by atoms with Crippen molar-refractivity contribution in [1.82, 2.24) is 5.32 Å². The van der Waals surface area contributed by atoms with Gasteiger partial charge in [-0.15, -0.1) is 0 Å².